The molecule has 4 rings (SSSR count). The van der Waals surface area contributed by atoms with Gasteiger partial charge in [-0.15, -0.1) is 0 Å². The van der Waals surface area contributed by atoms with Crippen LogP contribution in [0.1, 0.15) is 69.8 Å². The first-order valence-corrected chi connectivity index (χ1v) is 13.4. The van der Waals surface area contributed by atoms with Gasteiger partial charge in [0, 0.05) is 53.7 Å². The summed E-state index contributed by atoms with van der Waals surface area (Å²) in [7, 11) is 0. The predicted molar refractivity (Wildman–Crippen MR) is 155 cm³/mol. The molecular formula is C31H34FN5O3. The van der Waals surface area contributed by atoms with E-state index in [2.05, 4.69) is 25.9 Å². The predicted octanol–water partition coefficient (Wildman–Crippen LogP) is 5.09. The quantitative estimate of drug-likeness (QED) is 0.199. The van der Waals surface area contributed by atoms with Crippen molar-refractivity contribution >= 4 is 41.1 Å². The van der Waals surface area contributed by atoms with Gasteiger partial charge in [0.15, 0.2) is 0 Å². The third-order valence-corrected chi connectivity index (χ3v) is 6.79. The third kappa shape index (κ3) is 7.11. The van der Waals surface area contributed by atoms with Crippen LogP contribution >= 0.6 is 0 Å². The van der Waals surface area contributed by atoms with Crippen molar-refractivity contribution in [3.8, 4) is 0 Å². The van der Waals surface area contributed by atoms with Gasteiger partial charge in [-0.1, -0.05) is 12.8 Å². The van der Waals surface area contributed by atoms with Crippen LogP contribution in [0.25, 0.3) is 17.7 Å². The minimum absolute atomic E-state index is 0.126. The highest BCUT2D eigenvalue weighted by atomic mass is 19.1. The fraction of sp³-hybridized carbons (Fsp3) is 0.290. The minimum Gasteiger partial charge on any atom is -0.358 e. The van der Waals surface area contributed by atoms with Gasteiger partial charge < -0.3 is 20.9 Å². The van der Waals surface area contributed by atoms with Crippen LogP contribution in [0.2, 0.25) is 0 Å². The Hall–Kier alpha value is -4.53. The van der Waals surface area contributed by atoms with Crippen molar-refractivity contribution in [1.29, 1.82) is 0 Å². The molecule has 3 aromatic rings. The number of hydrogen-bond donors (Lipinski definition) is 4. The number of fused-ring (bicyclic) bond motifs is 1. The van der Waals surface area contributed by atoms with Gasteiger partial charge in [-0.05, 0) is 87.2 Å². The molecule has 0 atom stereocenters. The Morgan fingerprint density at radius 2 is 1.75 bits per heavy atom. The van der Waals surface area contributed by atoms with Crippen molar-refractivity contribution in [2.75, 3.05) is 18.4 Å². The van der Waals surface area contributed by atoms with E-state index in [4.69, 9.17) is 0 Å². The molecule has 8 nitrogen and oxygen atoms in total. The van der Waals surface area contributed by atoms with Gasteiger partial charge in [-0.3, -0.25) is 19.4 Å². The summed E-state index contributed by atoms with van der Waals surface area (Å²) >= 11 is 0. The number of benzene rings is 1. The molecule has 3 heterocycles. The summed E-state index contributed by atoms with van der Waals surface area (Å²) in [4.78, 5) is 44.7. The summed E-state index contributed by atoms with van der Waals surface area (Å²) in [6.45, 7) is 6.68. The summed E-state index contributed by atoms with van der Waals surface area (Å²) in [5.74, 6) is -1.04. The highest BCUT2D eigenvalue weighted by Crippen LogP contribution is 2.34. The van der Waals surface area contributed by atoms with Gasteiger partial charge in [0.05, 0.1) is 11.1 Å². The van der Waals surface area contributed by atoms with Crippen LogP contribution < -0.4 is 16.0 Å². The van der Waals surface area contributed by atoms with Crippen LogP contribution in [-0.2, 0) is 9.59 Å². The van der Waals surface area contributed by atoms with Crippen molar-refractivity contribution in [2.24, 2.45) is 0 Å². The Labute approximate surface area is 233 Å². The standard InChI is InChI=1S/C31H34FN5O3/c1-19-16-22(12-15-33-19)8-11-28(38)34-13-6-4-5-7-14-35-31(40)29-20(2)27(36-21(29)3)18-25-24-17-23(32)9-10-26(24)37-30(25)39/h8-12,15-18,36H,4-7,13-14H2,1-3H3,(H,34,38)(H,35,40)(H,37,39)/b11-8+,25-18-. The van der Waals surface area contributed by atoms with Gasteiger partial charge in [0.25, 0.3) is 11.8 Å². The summed E-state index contributed by atoms with van der Waals surface area (Å²) in [6.07, 6.45) is 10.2. The lowest BCUT2D eigenvalue weighted by Crippen LogP contribution is -2.25. The largest absolute Gasteiger partial charge is 0.358 e. The molecule has 1 aliphatic heterocycles. The molecule has 0 bridgehead atoms. The van der Waals surface area contributed by atoms with E-state index in [1.807, 2.05) is 32.9 Å². The maximum Gasteiger partial charge on any atom is 0.256 e. The summed E-state index contributed by atoms with van der Waals surface area (Å²) in [5.41, 5.74) is 5.85. The minimum atomic E-state index is -0.422. The van der Waals surface area contributed by atoms with E-state index in [1.54, 1.807) is 18.3 Å². The highest BCUT2D eigenvalue weighted by Gasteiger charge is 2.26. The van der Waals surface area contributed by atoms with Crippen molar-refractivity contribution in [3.63, 3.8) is 0 Å². The molecule has 2 aromatic heterocycles. The number of hydrogen-bond acceptors (Lipinski definition) is 4. The molecule has 1 aliphatic rings. The number of H-pyrrole nitrogens is 1. The van der Waals surface area contributed by atoms with E-state index in [0.717, 1.165) is 42.5 Å². The van der Waals surface area contributed by atoms with Crippen molar-refractivity contribution in [2.45, 2.75) is 46.5 Å². The first kappa shape index (κ1) is 28.5. The molecule has 0 fully saturated rings. The topological polar surface area (TPSA) is 116 Å². The first-order valence-electron chi connectivity index (χ1n) is 13.4. The van der Waals surface area contributed by atoms with Crippen molar-refractivity contribution in [1.82, 2.24) is 20.6 Å². The maximum absolute atomic E-state index is 13.8. The molecule has 0 saturated carbocycles. The first-order chi connectivity index (χ1) is 19.2. The van der Waals surface area contributed by atoms with Crippen LogP contribution in [-0.4, -0.2) is 40.8 Å². The van der Waals surface area contributed by atoms with E-state index in [-0.39, 0.29) is 17.7 Å². The lowest BCUT2D eigenvalue weighted by molar-refractivity contribution is -0.116. The zero-order valence-corrected chi connectivity index (χ0v) is 23.0. The van der Waals surface area contributed by atoms with Crippen molar-refractivity contribution in [3.05, 3.63) is 87.8 Å². The molecule has 208 valence electrons. The summed E-state index contributed by atoms with van der Waals surface area (Å²) < 4.78 is 13.8. The number of nitrogens with one attached hydrogen (secondary N) is 4. The Balaban J connectivity index is 1.19. The number of carbonyl (C=O) groups excluding carboxylic acids is 3. The second kappa shape index (κ2) is 13.0. The zero-order valence-electron chi connectivity index (χ0n) is 23.0. The van der Waals surface area contributed by atoms with E-state index >= 15 is 0 Å². The molecule has 0 saturated heterocycles. The number of anilines is 1. The molecule has 0 unspecified atom stereocenters. The number of aromatic nitrogens is 2. The normalized spacial score (nSPS) is 13.5. The number of unbranched alkanes of at least 4 members (excludes halogenated alkanes) is 3. The van der Waals surface area contributed by atoms with Crippen LogP contribution in [0, 0.1) is 26.6 Å². The van der Waals surface area contributed by atoms with Crippen LogP contribution in [0.3, 0.4) is 0 Å². The summed E-state index contributed by atoms with van der Waals surface area (Å²) in [5, 5.41) is 8.60. The van der Waals surface area contributed by atoms with Gasteiger partial charge in [-0.25, -0.2) is 4.39 Å². The molecule has 0 aliphatic carbocycles. The lowest BCUT2D eigenvalue weighted by atomic mass is 10.0. The Morgan fingerprint density at radius 1 is 1.00 bits per heavy atom. The fourth-order valence-electron chi connectivity index (χ4n) is 4.71. The average Bonchev–Trinajstić information content (AvgIpc) is 3.38. The van der Waals surface area contributed by atoms with Gasteiger partial charge in [0.1, 0.15) is 5.82 Å². The van der Waals surface area contributed by atoms with Crippen molar-refractivity contribution < 1.29 is 18.8 Å². The Morgan fingerprint density at radius 3 is 2.50 bits per heavy atom. The van der Waals surface area contributed by atoms with Gasteiger partial charge in [-0.2, -0.15) is 0 Å². The Bertz CT molecular complexity index is 1490. The van der Waals surface area contributed by atoms with E-state index < -0.39 is 5.82 Å². The Kier molecular flexibility index (Phi) is 9.27. The molecule has 0 spiro atoms. The smallest absolute Gasteiger partial charge is 0.256 e. The van der Waals surface area contributed by atoms with Gasteiger partial charge in [0.2, 0.25) is 5.91 Å². The molecule has 9 heteroatoms. The number of halogens is 1. The number of rotatable bonds is 11. The third-order valence-electron chi connectivity index (χ3n) is 6.79. The van der Waals surface area contributed by atoms with E-state index in [1.165, 1.54) is 24.3 Å². The number of carbonyl (C=O) groups is 3. The van der Waals surface area contributed by atoms with E-state index in [0.29, 0.717) is 46.9 Å². The highest BCUT2D eigenvalue weighted by molar-refractivity contribution is 6.34. The van der Waals surface area contributed by atoms with Crippen LogP contribution in [0.15, 0.2) is 42.6 Å². The van der Waals surface area contributed by atoms with Crippen LogP contribution in [0.4, 0.5) is 10.1 Å². The summed E-state index contributed by atoms with van der Waals surface area (Å²) in [6, 6.07) is 7.93. The molecule has 4 N–H and O–H groups in total. The molecule has 40 heavy (non-hydrogen) atoms. The molecule has 0 radical (unpaired) electrons. The number of amides is 3. The second-order valence-electron chi connectivity index (χ2n) is 9.89. The van der Waals surface area contributed by atoms with E-state index in [9.17, 15) is 18.8 Å². The monoisotopic (exact) mass is 543 g/mol. The number of pyridine rings is 1. The molecule has 3 amide bonds. The number of nitrogens with zero attached hydrogens (tertiary/aromatic N) is 1. The molecule has 1 aromatic carbocycles. The average molecular weight is 544 g/mol. The number of aryl methyl sites for hydroxylation is 2. The SMILES string of the molecule is Cc1cc(/C=C/C(=O)NCCCCCCNC(=O)c2c(C)[nH]c(/C=C3\C(=O)Nc4ccc(F)cc43)c2C)ccn1. The van der Waals surface area contributed by atoms with Gasteiger partial charge >= 0.3 is 0 Å². The lowest BCUT2D eigenvalue weighted by Gasteiger charge is -2.07. The molecular weight excluding hydrogens is 509 g/mol. The fourth-order valence-corrected chi connectivity index (χ4v) is 4.71. The zero-order chi connectivity index (χ0) is 28.6. The van der Waals surface area contributed by atoms with Crippen LogP contribution in [0.5, 0.6) is 0 Å². The maximum atomic E-state index is 13.8. The number of aromatic amines is 1. The second-order valence-corrected chi connectivity index (χ2v) is 9.89.